The second kappa shape index (κ2) is 3.28. The molecule has 0 aliphatic carbocycles. The Kier molecular flexibility index (Phi) is 1.91. The molecule has 0 radical (unpaired) electrons. The fourth-order valence-electron chi connectivity index (χ4n) is 1.55. The molecule has 0 aliphatic rings. The molecule has 0 fully saturated rings. The molecule has 0 saturated carbocycles. The van der Waals surface area contributed by atoms with Crippen LogP contribution in [0.1, 0.15) is 0 Å². The lowest BCUT2D eigenvalue weighted by Gasteiger charge is -1.89. The third-order valence-electron chi connectivity index (χ3n) is 2.30. The van der Waals surface area contributed by atoms with Crippen molar-refractivity contribution in [2.45, 2.75) is 0 Å². The second-order valence-electron chi connectivity index (χ2n) is 3.40. The maximum absolute atomic E-state index is 5.86. The standard InChI is InChI=1S/C11H7ClN2O2/c12-7-2-1-6-3-10(15-9(6)4-7)11-8(13)5-14-16-11/h1-5H,13H2. The Morgan fingerprint density at radius 1 is 1.25 bits per heavy atom. The minimum atomic E-state index is 0.437. The first-order valence-electron chi connectivity index (χ1n) is 4.63. The highest BCUT2D eigenvalue weighted by atomic mass is 35.5. The molecule has 0 saturated heterocycles. The molecule has 0 atom stereocenters. The summed E-state index contributed by atoms with van der Waals surface area (Å²) in [5, 5.41) is 5.16. The van der Waals surface area contributed by atoms with Gasteiger partial charge in [-0.2, -0.15) is 0 Å². The summed E-state index contributed by atoms with van der Waals surface area (Å²) < 4.78 is 10.6. The molecule has 2 aromatic heterocycles. The number of benzene rings is 1. The van der Waals surface area contributed by atoms with Crippen molar-refractivity contribution in [1.82, 2.24) is 5.16 Å². The molecule has 1 aromatic carbocycles. The Balaban J connectivity index is 2.23. The number of hydrogen-bond donors (Lipinski definition) is 1. The number of hydrogen-bond acceptors (Lipinski definition) is 4. The monoisotopic (exact) mass is 234 g/mol. The van der Waals surface area contributed by atoms with Gasteiger partial charge in [0.15, 0.2) is 5.76 Å². The zero-order chi connectivity index (χ0) is 11.1. The van der Waals surface area contributed by atoms with Gasteiger partial charge in [0, 0.05) is 16.5 Å². The number of nitrogen functional groups attached to an aromatic ring is 1. The summed E-state index contributed by atoms with van der Waals surface area (Å²) in [5.74, 6) is 0.986. The number of aromatic nitrogens is 1. The molecule has 0 bridgehead atoms. The van der Waals surface area contributed by atoms with Gasteiger partial charge in [0.1, 0.15) is 11.3 Å². The van der Waals surface area contributed by atoms with E-state index in [0.29, 0.717) is 27.8 Å². The Morgan fingerprint density at radius 2 is 2.12 bits per heavy atom. The van der Waals surface area contributed by atoms with Gasteiger partial charge in [-0.15, -0.1) is 0 Å². The minimum absolute atomic E-state index is 0.437. The van der Waals surface area contributed by atoms with Gasteiger partial charge < -0.3 is 14.7 Å². The van der Waals surface area contributed by atoms with Crippen molar-refractivity contribution >= 4 is 28.3 Å². The normalized spacial score (nSPS) is 11.1. The van der Waals surface area contributed by atoms with Crippen molar-refractivity contribution in [1.29, 1.82) is 0 Å². The molecule has 4 nitrogen and oxygen atoms in total. The molecule has 3 aromatic rings. The average molecular weight is 235 g/mol. The third kappa shape index (κ3) is 1.35. The summed E-state index contributed by atoms with van der Waals surface area (Å²) in [4.78, 5) is 0. The van der Waals surface area contributed by atoms with Crippen LogP contribution in [0, 0.1) is 0 Å². The van der Waals surface area contributed by atoms with E-state index in [1.807, 2.05) is 12.1 Å². The maximum Gasteiger partial charge on any atom is 0.224 e. The Labute approximate surface area is 95.6 Å². The molecule has 2 heterocycles. The molecular formula is C11H7ClN2O2. The highest BCUT2D eigenvalue weighted by Gasteiger charge is 2.13. The Hall–Kier alpha value is -1.94. The van der Waals surface area contributed by atoms with Crippen molar-refractivity contribution in [2.24, 2.45) is 0 Å². The first-order valence-corrected chi connectivity index (χ1v) is 5.01. The summed E-state index contributed by atoms with van der Waals surface area (Å²) in [6.07, 6.45) is 1.44. The molecule has 2 N–H and O–H groups in total. The predicted molar refractivity (Wildman–Crippen MR) is 61.1 cm³/mol. The van der Waals surface area contributed by atoms with Crippen molar-refractivity contribution in [3.63, 3.8) is 0 Å². The largest absolute Gasteiger partial charge is 0.453 e. The average Bonchev–Trinajstić information content (AvgIpc) is 2.82. The van der Waals surface area contributed by atoms with Gasteiger partial charge >= 0.3 is 0 Å². The molecule has 0 unspecified atom stereocenters. The van der Waals surface area contributed by atoms with Crippen LogP contribution in [-0.4, -0.2) is 5.16 Å². The molecule has 16 heavy (non-hydrogen) atoms. The number of fused-ring (bicyclic) bond motifs is 1. The number of anilines is 1. The lowest BCUT2D eigenvalue weighted by atomic mass is 10.2. The van der Waals surface area contributed by atoms with Crippen molar-refractivity contribution in [2.75, 3.05) is 5.73 Å². The topological polar surface area (TPSA) is 65.2 Å². The van der Waals surface area contributed by atoms with E-state index in [9.17, 15) is 0 Å². The van der Waals surface area contributed by atoms with Crippen LogP contribution in [0.25, 0.3) is 22.5 Å². The van der Waals surface area contributed by atoms with Crippen molar-refractivity contribution < 1.29 is 8.94 Å². The zero-order valence-corrected chi connectivity index (χ0v) is 8.86. The number of nitrogens with two attached hydrogens (primary N) is 1. The van der Waals surface area contributed by atoms with Gasteiger partial charge in [-0.05, 0) is 18.2 Å². The summed E-state index contributed by atoms with van der Waals surface area (Å²) >= 11 is 5.86. The lowest BCUT2D eigenvalue weighted by Crippen LogP contribution is -1.82. The zero-order valence-electron chi connectivity index (χ0n) is 8.11. The van der Waals surface area contributed by atoms with Crippen LogP contribution in [-0.2, 0) is 0 Å². The van der Waals surface area contributed by atoms with Crippen LogP contribution in [0.4, 0.5) is 5.69 Å². The smallest absolute Gasteiger partial charge is 0.224 e. The van der Waals surface area contributed by atoms with E-state index >= 15 is 0 Å². The van der Waals surface area contributed by atoms with E-state index in [2.05, 4.69) is 5.16 Å². The molecule has 0 amide bonds. The molecule has 0 aliphatic heterocycles. The fraction of sp³-hybridized carbons (Fsp3) is 0. The van der Waals surface area contributed by atoms with Gasteiger partial charge in [0.25, 0.3) is 0 Å². The number of nitrogens with zero attached hydrogens (tertiary/aromatic N) is 1. The molecule has 5 heteroatoms. The molecule has 3 rings (SSSR count). The van der Waals surface area contributed by atoms with Crippen LogP contribution >= 0.6 is 11.6 Å². The van der Waals surface area contributed by atoms with E-state index in [1.54, 1.807) is 12.1 Å². The van der Waals surface area contributed by atoms with Crippen LogP contribution in [0.2, 0.25) is 5.02 Å². The number of rotatable bonds is 1. The Bertz CT molecular complexity index is 657. The first-order chi connectivity index (χ1) is 7.74. The van der Waals surface area contributed by atoms with E-state index < -0.39 is 0 Å². The lowest BCUT2D eigenvalue weighted by molar-refractivity contribution is 0.421. The summed E-state index contributed by atoms with van der Waals surface area (Å²) in [6, 6.07) is 7.25. The Morgan fingerprint density at radius 3 is 2.88 bits per heavy atom. The first kappa shape index (κ1) is 9.30. The van der Waals surface area contributed by atoms with Gasteiger partial charge in [-0.1, -0.05) is 16.8 Å². The van der Waals surface area contributed by atoms with Gasteiger partial charge in [-0.3, -0.25) is 0 Å². The van der Waals surface area contributed by atoms with E-state index in [4.69, 9.17) is 26.3 Å². The van der Waals surface area contributed by atoms with Crippen molar-refractivity contribution in [3.05, 3.63) is 35.5 Å². The summed E-state index contributed by atoms with van der Waals surface area (Å²) in [7, 11) is 0. The highest BCUT2D eigenvalue weighted by molar-refractivity contribution is 6.31. The van der Waals surface area contributed by atoms with E-state index in [-0.39, 0.29) is 0 Å². The quantitative estimate of drug-likeness (QED) is 0.701. The summed E-state index contributed by atoms with van der Waals surface area (Å²) in [6.45, 7) is 0. The predicted octanol–water partition coefficient (Wildman–Crippen LogP) is 3.32. The van der Waals surface area contributed by atoms with Crippen molar-refractivity contribution in [3.8, 4) is 11.5 Å². The maximum atomic E-state index is 5.86. The summed E-state index contributed by atoms with van der Waals surface area (Å²) in [5.41, 5.74) is 6.82. The van der Waals surface area contributed by atoms with Gasteiger partial charge in [-0.25, -0.2) is 0 Å². The van der Waals surface area contributed by atoms with Crippen LogP contribution in [0.3, 0.4) is 0 Å². The number of furan rings is 1. The number of halogens is 1. The van der Waals surface area contributed by atoms with Gasteiger partial charge in [0.2, 0.25) is 5.76 Å². The van der Waals surface area contributed by atoms with E-state index in [0.717, 1.165) is 5.39 Å². The highest BCUT2D eigenvalue weighted by Crippen LogP contribution is 2.32. The molecule has 0 spiro atoms. The minimum Gasteiger partial charge on any atom is -0.453 e. The van der Waals surface area contributed by atoms with Gasteiger partial charge in [0.05, 0.1) is 6.20 Å². The SMILES string of the molecule is Nc1cnoc1-c1cc2ccc(Cl)cc2o1. The second-order valence-corrected chi connectivity index (χ2v) is 3.84. The molecular weight excluding hydrogens is 228 g/mol. The third-order valence-corrected chi connectivity index (χ3v) is 2.54. The van der Waals surface area contributed by atoms with E-state index in [1.165, 1.54) is 6.20 Å². The van der Waals surface area contributed by atoms with Crippen LogP contribution in [0.5, 0.6) is 0 Å². The molecule has 80 valence electrons. The van der Waals surface area contributed by atoms with Crippen LogP contribution in [0.15, 0.2) is 39.4 Å². The van der Waals surface area contributed by atoms with Crippen LogP contribution < -0.4 is 5.73 Å². The fourth-order valence-corrected chi connectivity index (χ4v) is 1.71.